The first-order valence-corrected chi connectivity index (χ1v) is 4.56. The molecule has 0 aromatic rings. The smallest absolute Gasteiger partial charge is 0.0276 e. The second-order valence-corrected chi connectivity index (χ2v) is 3.86. The van der Waals surface area contributed by atoms with Crippen LogP contribution in [0.25, 0.3) is 0 Å². The summed E-state index contributed by atoms with van der Waals surface area (Å²) in [4.78, 5) is 4.17. The molecule has 0 aliphatic heterocycles. The van der Waals surface area contributed by atoms with E-state index >= 15 is 0 Å². The monoisotopic (exact) mass is 167 g/mol. The molecule has 0 bridgehead atoms. The lowest BCUT2D eigenvalue weighted by molar-refractivity contribution is 0.457. The van der Waals surface area contributed by atoms with Crippen LogP contribution in [0.15, 0.2) is 17.1 Å². The lowest BCUT2D eigenvalue weighted by Crippen LogP contribution is -2.13. The number of allylic oxidation sites excluding steroid dienone is 1. The number of aliphatic imine (C=N–C) groups is 1. The molecule has 0 radical (unpaired) electrons. The van der Waals surface area contributed by atoms with E-state index in [1.807, 2.05) is 7.05 Å². The molecule has 12 heavy (non-hydrogen) atoms. The summed E-state index contributed by atoms with van der Waals surface area (Å²) in [5.41, 5.74) is 2.49. The molecular formula is C11H21N. The van der Waals surface area contributed by atoms with Gasteiger partial charge in [0.1, 0.15) is 0 Å². The molecule has 1 heteroatoms. The molecule has 1 unspecified atom stereocenters. The van der Waals surface area contributed by atoms with Gasteiger partial charge in [0, 0.05) is 12.8 Å². The highest BCUT2D eigenvalue weighted by atomic mass is 14.7. The van der Waals surface area contributed by atoms with Crippen LogP contribution in [-0.4, -0.2) is 12.8 Å². The van der Waals surface area contributed by atoms with Crippen LogP contribution in [0.5, 0.6) is 0 Å². The van der Waals surface area contributed by atoms with Crippen LogP contribution in [0.4, 0.5) is 0 Å². The van der Waals surface area contributed by atoms with Gasteiger partial charge in [0.2, 0.25) is 0 Å². The number of nitrogens with zero attached hydrogens (tertiary/aromatic N) is 1. The maximum Gasteiger partial charge on any atom is 0.0276 e. The fourth-order valence-electron chi connectivity index (χ4n) is 1.39. The summed E-state index contributed by atoms with van der Waals surface area (Å²) in [6.45, 7) is 12.7. The van der Waals surface area contributed by atoms with Crippen molar-refractivity contribution in [1.29, 1.82) is 0 Å². The molecule has 0 saturated carbocycles. The van der Waals surface area contributed by atoms with E-state index in [-0.39, 0.29) is 0 Å². The first-order valence-electron chi connectivity index (χ1n) is 4.56. The van der Waals surface area contributed by atoms with E-state index in [2.05, 4.69) is 39.3 Å². The van der Waals surface area contributed by atoms with Gasteiger partial charge in [-0.2, -0.15) is 0 Å². The van der Waals surface area contributed by atoms with Crippen molar-refractivity contribution in [1.82, 2.24) is 0 Å². The van der Waals surface area contributed by atoms with Crippen LogP contribution in [0.2, 0.25) is 0 Å². The lowest BCUT2D eigenvalue weighted by atomic mass is 9.86. The molecule has 0 fully saturated rings. The lowest BCUT2D eigenvalue weighted by Gasteiger charge is -2.20. The molecule has 0 aliphatic rings. The normalized spacial score (nSPS) is 15.0. The highest BCUT2D eigenvalue weighted by molar-refractivity contribution is 5.82. The zero-order chi connectivity index (χ0) is 9.72. The van der Waals surface area contributed by atoms with Gasteiger partial charge in [-0.1, -0.05) is 26.0 Å². The SMILES string of the molecule is C=C(C)C(C/C(C)=N\C)C(C)C. The van der Waals surface area contributed by atoms with Crippen LogP contribution in [0.1, 0.15) is 34.1 Å². The highest BCUT2D eigenvalue weighted by Gasteiger charge is 2.14. The third kappa shape index (κ3) is 3.70. The van der Waals surface area contributed by atoms with E-state index in [1.165, 1.54) is 11.3 Å². The summed E-state index contributed by atoms with van der Waals surface area (Å²) in [5.74, 6) is 1.26. The average Bonchev–Trinajstić information content (AvgIpc) is 1.98. The van der Waals surface area contributed by atoms with Crippen LogP contribution in [-0.2, 0) is 0 Å². The second-order valence-electron chi connectivity index (χ2n) is 3.86. The van der Waals surface area contributed by atoms with E-state index in [1.54, 1.807) is 0 Å². The third-order valence-electron chi connectivity index (χ3n) is 2.33. The Morgan fingerprint density at radius 3 is 2.08 bits per heavy atom. The summed E-state index contributed by atoms with van der Waals surface area (Å²) in [5, 5.41) is 0. The standard InChI is InChI=1S/C11H21N/c1-8(2)11(9(3)4)7-10(5)12-6/h9,11H,1,7H2,2-6H3/b12-10-. The van der Waals surface area contributed by atoms with Crippen molar-refractivity contribution < 1.29 is 0 Å². The minimum Gasteiger partial charge on any atom is -0.298 e. The average molecular weight is 167 g/mol. The molecule has 70 valence electrons. The Hall–Kier alpha value is -0.590. The third-order valence-corrected chi connectivity index (χ3v) is 2.33. The van der Waals surface area contributed by atoms with Crippen LogP contribution >= 0.6 is 0 Å². The highest BCUT2D eigenvalue weighted by Crippen LogP contribution is 2.22. The molecule has 0 amide bonds. The summed E-state index contributed by atoms with van der Waals surface area (Å²) in [7, 11) is 1.85. The van der Waals surface area contributed by atoms with Crippen molar-refractivity contribution in [3.63, 3.8) is 0 Å². The molecule has 0 aromatic heterocycles. The summed E-state index contributed by atoms with van der Waals surface area (Å²) in [6, 6.07) is 0. The van der Waals surface area contributed by atoms with Gasteiger partial charge in [0.15, 0.2) is 0 Å². The van der Waals surface area contributed by atoms with Crippen molar-refractivity contribution in [2.24, 2.45) is 16.8 Å². The zero-order valence-corrected chi connectivity index (χ0v) is 9.02. The maximum atomic E-state index is 4.17. The van der Waals surface area contributed by atoms with Crippen molar-refractivity contribution in [2.75, 3.05) is 7.05 Å². The number of hydrogen-bond donors (Lipinski definition) is 0. The van der Waals surface area contributed by atoms with Crippen LogP contribution in [0.3, 0.4) is 0 Å². The van der Waals surface area contributed by atoms with Gasteiger partial charge in [-0.3, -0.25) is 4.99 Å². The topological polar surface area (TPSA) is 12.4 Å². The minimum atomic E-state index is 0.591. The Balaban J connectivity index is 4.24. The zero-order valence-electron chi connectivity index (χ0n) is 9.02. The van der Waals surface area contributed by atoms with Crippen molar-refractivity contribution >= 4 is 5.71 Å². The fraction of sp³-hybridized carbons (Fsp3) is 0.727. The van der Waals surface area contributed by atoms with Crippen molar-refractivity contribution in [3.8, 4) is 0 Å². The van der Waals surface area contributed by atoms with Gasteiger partial charge in [0.05, 0.1) is 0 Å². The molecule has 1 nitrogen and oxygen atoms in total. The van der Waals surface area contributed by atoms with Gasteiger partial charge in [-0.15, -0.1) is 0 Å². The van der Waals surface area contributed by atoms with Crippen molar-refractivity contribution in [3.05, 3.63) is 12.2 Å². The summed E-state index contributed by atoms with van der Waals surface area (Å²) < 4.78 is 0. The molecule has 0 rings (SSSR count). The maximum absolute atomic E-state index is 4.17. The molecule has 0 aromatic carbocycles. The Kier molecular flexibility index (Phi) is 4.87. The molecule has 0 saturated heterocycles. The Morgan fingerprint density at radius 2 is 1.83 bits per heavy atom. The molecule has 0 aliphatic carbocycles. The quantitative estimate of drug-likeness (QED) is 0.450. The molecular weight excluding hydrogens is 146 g/mol. The van der Waals surface area contributed by atoms with Crippen molar-refractivity contribution in [2.45, 2.75) is 34.1 Å². The minimum absolute atomic E-state index is 0.591. The van der Waals surface area contributed by atoms with Crippen LogP contribution < -0.4 is 0 Å². The van der Waals surface area contributed by atoms with Gasteiger partial charge in [0.25, 0.3) is 0 Å². The Labute approximate surface area is 76.6 Å². The molecule has 0 spiro atoms. The van der Waals surface area contributed by atoms with E-state index < -0.39 is 0 Å². The van der Waals surface area contributed by atoms with E-state index in [0.717, 1.165) is 6.42 Å². The Morgan fingerprint density at radius 1 is 1.33 bits per heavy atom. The van der Waals surface area contributed by atoms with Gasteiger partial charge < -0.3 is 0 Å². The summed E-state index contributed by atoms with van der Waals surface area (Å²) >= 11 is 0. The largest absolute Gasteiger partial charge is 0.298 e. The van der Waals surface area contributed by atoms with E-state index in [0.29, 0.717) is 11.8 Å². The molecule has 0 heterocycles. The van der Waals surface area contributed by atoms with E-state index in [9.17, 15) is 0 Å². The first kappa shape index (κ1) is 11.4. The predicted octanol–water partition coefficient (Wildman–Crippen LogP) is 3.32. The summed E-state index contributed by atoms with van der Waals surface area (Å²) in [6.07, 6.45) is 1.06. The number of rotatable bonds is 4. The van der Waals surface area contributed by atoms with Gasteiger partial charge in [-0.05, 0) is 32.1 Å². The number of hydrogen-bond acceptors (Lipinski definition) is 1. The van der Waals surface area contributed by atoms with Gasteiger partial charge in [-0.25, -0.2) is 0 Å². The van der Waals surface area contributed by atoms with Crippen LogP contribution in [0, 0.1) is 11.8 Å². The van der Waals surface area contributed by atoms with E-state index in [4.69, 9.17) is 0 Å². The Bertz CT molecular complexity index is 177. The second kappa shape index (κ2) is 5.13. The predicted molar refractivity (Wildman–Crippen MR) is 56.8 cm³/mol. The molecule has 0 N–H and O–H groups in total. The fourth-order valence-corrected chi connectivity index (χ4v) is 1.39. The van der Waals surface area contributed by atoms with Gasteiger partial charge >= 0.3 is 0 Å². The molecule has 1 atom stereocenters. The first-order chi connectivity index (χ1) is 5.49.